The van der Waals surface area contributed by atoms with Crippen LogP contribution in [-0.2, 0) is 22.4 Å². The molecule has 4 heteroatoms. The van der Waals surface area contributed by atoms with Crippen LogP contribution in [0.5, 0.6) is 0 Å². The summed E-state index contributed by atoms with van der Waals surface area (Å²) in [4.78, 5) is 27.2. The lowest BCUT2D eigenvalue weighted by Gasteiger charge is -2.31. The van der Waals surface area contributed by atoms with Crippen molar-refractivity contribution in [3.63, 3.8) is 0 Å². The second-order valence-electron chi connectivity index (χ2n) is 7.39. The molecule has 3 rings (SSSR count). The third-order valence-electron chi connectivity index (χ3n) is 5.79. The highest BCUT2D eigenvalue weighted by atomic mass is 16.2. The molecule has 1 aromatic carbocycles. The summed E-state index contributed by atoms with van der Waals surface area (Å²) < 4.78 is 0. The minimum Gasteiger partial charge on any atom is -0.339 e. The van der Waals surface area contributed by atoms with Crippen molar-refractivity contribution < 1.29 is 9.59 Å². The van der Waals surface area contributed by atoms with Crippen molar-refractivity contribution in [2.24, 2.45) is 5.92 Å². The molecule has 1 heterocycles. The molecule has 1 aliphatic heterocycles. The topological polar surface area (TPSA) is 49.4 Å². The minimum atomic E-state index is -0.218. The maximum atomic E-state index is 12.8. The van der Waals surface area contributed by atoms with Crippen molar-refractivity contribution in [3.8, 4) is 0 Å². The maximum Gasteiger partial charge on any atom is 0.229 e. The van der Waals surface area contributed by atoms with Gasteiger partial charge in [0.05, 0.1) is 5.92 Å². The van der Waals surface area contributed by atoms with Crippen molar-refractivity contribution in [3.05, 3.63) is 29.3 Å². The Hall–Kier alpha value is -1.84. The summed E-state index contributed by atoms with van der Waals surface area (Å²) in [5, 5.41) is 3.15. The van der Waals surface area contributed by atoms with E-state index in [1.54, 1.807) is 0 Å². The highest BCUT2D eigenvalue weighted by molar-refractivity contribution is 5.98. The van der Waals surface area contributed by atoms with Gasteiger partial charge in [-0.3, -0.25) is 9.59 Å². The number of benzene rings is 1. The molecule has 0 spiro atoms. The van der Waals surface area contributed by atoms with E-state index in [1.807, 2.05) is 4.90 Å². The largest absolute Gasteiger partial charge is 0.339 e. The Morgan fingerprint density at radius 3 is 2.36 bits per heavy atom. The van der Waals surface area contributed by atoms with Crippen molar-refractivity contribution in [2.45, 2.75) is 71.3 Å². The van der Waals surface area contributed by atoms with Gasteiger partial charge in [0, 0.05) is 24.7 Å². The molecule has 1 aliphatic carbocycles. The molecule has 2 aliphatic rings. The minimum absolute atomic E-state index is 0.00209. The van der Waals surface area contributed by atoms with Crippen molar-refractivity contribution >= 4 is 17.5 Å². The quantitative estimate of drug-likeness (QED) is 0.881. The van der Waals surface area contributed by atoms with Gasteiger partial charge in [-0.25, -0.2) is 0 Å². The Bertz CT molecular complexity index is 613. The van der Waals surface area contributed by atoms with Gasteiger partial charge in [0.25, 0.3) is 0 Å². The molecule has 1 saturated heterocycles. The van der Waals surface area contributed by atoms with Crippen LogP contribution in [0.1, 0.15) is 63.5 Å². The molecule has 2 fully saturated rings. The third-order valence-corrected chi connectivity index (χ3v) is 5.79. The lowest BCUT2D eigenvalue weighted by atomic mass is 9.94. The predicted octanol–water partition coefficient (Wildman–Crippen LogP) is 3.93. The summed E-state index contributed by atoms with van der Waals surface area (Å²) >= 11 is 0. The first-order valence-electron chi connectivity index (χ1n) is 9.85. The summed E-state index contributed by atoms with van der Waals surface area (Å²) in [6, 6.07) is 6.55. The number of nitrogens with zero attached hydrogens (tertiary/aromatic N) is 1. The summed E-state index contributed by atoms with van der Waals surface area (Å²) in [5.41, 5.74) is 3.29. The van der Waals surface area contributed by atoms with E-state index in [2.05, 4.69) is 37.4 Å². The summed E-state index contributed by atoms with van der Waals surface area (Å²) in [7, 11) is 0. The van der Waals surface area contributed by atoms with E-state index < -0.39 is 0 Å². The molecule has 0 radical (unpaired) electrons. The van der Waals surface area contributed by atoms with Gasteiger partial charge in [-0.05, 0) is 36.8 Å². The number of rotatable bonds is 5. The first-order chi connectivity index (χ1) is 12.1. The lowest BCUT2D eigenvalue weighted by Crippen LogP contribution is -2.38. The number of carbonyl (C=O) groups is 2. The number of carbonyl (C=O) groups excluding carboxylic acids is 2. The normalized spacial score (nSPS) is 21.6. The van der Waals surface area contributed by atoms with Gasteiger partial charge in [0.2, 0.25) is 11.8 Å². The van der Waals surface area contributed by atoms with E-state index >= 15 is 0 Å². The van der Waals surface area contributed by atoms with Gasteiger partial charge < -0.3 is 10.2 Å². The molecular weight excluding hydrogens is 312 g/mol. The van der Waals surface area contributed by atoms with Crippen LogP contribution >= 0.6 is 0 Å². The number of hydrogen-bond donors (Lipinski definition) is 1. The molecule has 1 aromatic rings. The van der Waals surface area contributed by atoms with Crippen molar-refractivity contribution in [1.82, 2.24) is 4.90 Å². The highest BCUT2D eigenvalue weighted by Gasteiger charge is 2.38. The van der Waals surface area contributed by atoms with Crippen molar-refractivity contribution in [1.29, 1.82) is 0 Å². The number of amides is 2. The van der Waals surface area contributed by atoms with E-state index in [-0.39, 0.29) is 17.7 Å². The fourth-order valence-electron chi connectivity index (χ4n) is 4.28. The number of nitrogens with one attached hydrogen (secondary N) is 1. The molecule has 4 nitrogen and oxygen atoms in total. The molecule has 2 amide bonds. The van der Waals surface area contributed by atoms with Crippen LogP contribution in [0, 0.1) is 5.92 Å². The maximum absolute atomic E-state index is 12.8. The van der Waals surface area contributed by atoms with Crippen LogP contribution in [0.25, 0.3) is 0 Å². The van der Waals surface area contributed by atoms with E-state index in [9.17, 15) is 9.59 Å². The van der Waals surface area contributed by atoms with Crippen LogP contribution in [0.15, 0.2) is 18.2 Å². The first-order valence-corrected chi connectivity index (χ1v) is 9.85. The summed E-state index contributed by atoms with van der Waals surface area (Å²) in [6.07, 6.45) is 8.01. The fraction of sp³-hybridized carbons (Fsp3) is 0.619. The second-order valence-corrected chi connectivity index (χ2v) is 7.39. The van der Waals surface area contributed by atoms with E-state index in [4.69, 9.17) is 0 Å². The van der Waals surface area contributed by atoms with E-state index in [0.29, 0.717) is 19.0 Å². The molecule has 0 aromatic heterocycles. The molecule has 136 valence electrons. The molecule has 1 atom stereocenters. The van der Waals surface area contributed by atoms with Gasteiger partial charge in [-0.2, -0.15) is 0 Å². The smallest absolute Gasteiger partial charge is 0.229 e. The van der Waals surface area contributed by atoms with Crippen LogP contribution in [0.2, 0.25) is 0 Å². The SMILES string of the molecule is CCc1cccc(CC)c1NC(=O)C1CC(=O)N(C2CCCCC2)C1. The fourth-order valence-corrected chi connectivity index (χ4v) is 4.28. The van der Waals surface area contributed by atoms with E-state index in [0.717, 1.165) is 31.4 Å². The number of hydrogen-bond acceptors (Lipinski definition) is 2. The standard InChI is InChI=1S/C21H30N2O2/c1-3-15-9-8-10-16(4-2)20(15)22-21(25)17-13-19(24)23(14-17)18-11-6-5-7-12-18/h8-10,17-18H,3-7,11-14H2,1-2H3,(H,22,25). The zero-order valence-electron chi connectivity index (χ0n) is 15.5. The van der Waals surface area contributed by atoms with Gasteiger partial charge in [0.1, 0.15) is 0 Å². The molecule has 1 saturated carbocycles. The first kappa shape index (κ1) is 18.0. The molecule has 25 heavy (non-hydrogen) atoms. The average molecular weight is 342 g/mol. The van der Waals surface area contributed by atoms with Gasteiger partial charge >= 0.3 is 0 Å². The predicted molar refractivity (Wildman–Crippen MR) is 101 cm³/mol. The van der Waals surface area contributed by atoms with Gasteiger partial charge in [0.15, 0.2) is 0 Å². The van der Waals surface area contributed by atoms with Crippen LogP contribution in [0.4, 0.5) is 5.69 Å². The monoisotopic (exact) mass is 342 g/mol. The Morgan fingerprint density at radius 1 is 1.12 bits per heavy atom. The van der Waals surface area contributed by atoms with Crippen molar-refractivity contribution in [2.75, 3.05) is 11.9 Å². The third kappa shape index (κ3) is 3.88. The van der Waals surface area contributed by atoms with Gasteiger partial charge in [-0.15, -0.1) is 0 Å². The number of para-hydroxylation sites is 1. The zero-order chi connectivity index (χ0) is 17.8. The lowest BCUT2D eigenvalue weighted by molar-refractivity contribution is -0.130. The second kappa shape index (κ2) is 8.03. The Kier molecular flexibility index (Phi) is 5.77. The van der Waals surface area contributed by atoms with Crippen LogP contribution in [0.3, 0.4) is 0 Å². The Labute approximate surface area is 151 Å². The summed E-state index contributed by atoms with van der Waals surface area (Å²) in [6.45, 7) is 4.80. The van der Waals surface area contributed by atoms with Gasteiger partial charge in [-0.1, -0.05) is 51.3 Å². The van der Waals surface area contributed by atoms with E-state index in [1.165, 1.54) is 30.4 Å². The molecule has 1 unspecified atom stereocenters. The van der Waals surface area contributed by atoms with Crippen LogP contribution in [-0.4, -0.2) is 29.3 Å². The average Bonchev–Trinajstić information content (AvgIpc) is 3.04. The molecular formula is C21H30N2O2. The highest BCUT2D eigenvalue weighted by Crippen LogP contribution is 2.30. The summed E-state index contributed by atoms with van der Waals surface area (Å²) in [5.74, 6) is -0.0575. The molecule has 0 bridgehead atoms. The Balaban J connectivity index is 1.69. The number of anilines is 1. The number of likely N-dealkylation sites (tertiary alicyclic amines) is 1. The Morgan fingerprint density at radius 2 is 1.76 bits per heavy atom. The molecule has 1 N–H and O–H groups in total. The number of aryl methyl sites for hydroxylation is 2. The van der Waals surface area contributed by atoms with Crippen LogP contribution < -0.4 is 5.32 Å². The zero-order valence-corrected chi connectivity index (χ0v) is 15.5.